The number of likely N-dealkylation sites (N-methyl/N-ethyl adjacent to an activating group) is 2. The van der Waals surface area contributed by atoms with Gasteiger partial charge in [0.05, 0.1) is 9.37 Å². The number of aryl methyl sites for hydroxylation is 1. The van der Waals surface area contributed by atoms with Crippen molar-refractivity contribution in [2.75, 3.05) is 27.2 Å². The molecule has 1 heterocycles. The van der Waals surface area contributed by atoms with E-state index in [1.807, 2.05) is 0 Å². The van der Waals surface area contributed by atoms with E-state index < -0.39 is 31.8 Å². The molecule has 3 aromatic rings. The maximum Gasteiger partial charge on any atom is 0.410 e. The molecule has 1 aromatic heterocycles. The summed E-state index contributed by atoms with van der Waals surface area (Å²) in [4.78, 5) is 17.8. The lowest BCUT2D eigenvalue weighted by atomic mass is 10.2. The summed E-state index contributed by atoms with van der Waals surface area (Å²) in [6.45, 7) is 6.99. The Morgan fingerprint density at radius 2 is 1.63 bits per heavy atom. The SMILES string of the molecule is Cc1ccc2c(S(=O)(=O)N(C)CCN(C)C(=O)OC(C)(C)C)cc(Br)c(OS(=O)(=O)c3ccccc3)c2n1. The van der Waals surface area contributed by atoms with Gasteiger partial charge in [0.2, 0.25) is 10.0 Å². The highest BCUT2D eigenvalue weighted by Gasteiger charge is 2.29. The number of benzene rings is 2. The van der Waals surface area contributed by atoms with Crippen LogP contribution in [0.2, 0.25) is 0 Å². The Morgan fingerprint density at radius 3 is 2.24 bits per heavy atom. The molecule has 0 spiro atoms. The number of carbonyl (C=O) groups is 1. The number of aromatic nitrogens is 1. The predicted octanol–water partition coefficient (Wildman–Crippen LogP) is 4.56. The van der Waals surface area contributed by atoms with E-state index in [1.165, 1.54) is 37.2 Å². The zero-order valence-corrected chi connectivity index (χ0v) is 25.1. The van der Waals surface area contributed by atoms with Gasteiger partial charge in [-0.1, -0.05) is 18.2 Å². The average Bonchev–Trinajstić information content (AvgIpc) is 2.83. The van der Waals surface area contributed by atoms with Crippen LogP contribution in [-0.2, 0) is 24.9 Å². The van der Waals surface area contributed by atoms with Crippen molar-refractivity contribution >= 4 is 53.1 Å². The second-order valence-corrected chi connectivity index (χ2v) is 14.0. The van der Waals surface area contributed by atoms with Crippen LogP contribution >= 0.6 is 15.9 Å². The molecule has 10 nitrogen and oxygen atoms in total. The van der Waals surface area contributed by atoms with E-state index in [0.29, 0.717) is 5.69 Å². The minimum absolute atomic E-state index is 0.0167. The Balaban J connectivity index is 1.98. The lowest BCUT2D eigenvalue weighted by molar-refractivity contribution is 0.0294. The van der Waals surface area contributed by atoms with Gasteiger partial charge < -0.3 is 13.8 Å². The molecule has 0 unspecified atom stereocenters. The van der Waals surface area contributed by atoms with Crippen LogP contribution < -0.4 is 4.18 Å². The van der Waals surface area contributed by atoms with Crippen molar-refractivity contribution in [2.45, 2.75) is 43.1 Å². The van der Waals surface area contributed by atoms with E-state index in [-0.39, 0.29) is 44.0 Å². The molecule has 206 valence electrons. The first kappa shape index (κ1) is 29.8. The summed E-state index contributed by atoms with van der Waals surface area (Å²) in [6.07, 6.45) is -0.572. The molecule has 0 aliphatic carbocycles. The first-order chi connectivity index (χ1) is 17.5. The fourth-order valence-electron chi connectivity index (χ4n) is 3.35. The number of sulfonamides is 1. The maximum absolute atomic E-state index is 13.6. The smallest absolute Gasteiger partial charge is 0.410 e. The lowest BCUT2D eigenvalue weighted by Gasteiger charge is -2.26. The molecule has 2 aromatic carbocycles. The van der Waals surface area contributed by atoms with Crippen molar-refractivity contribution in [1.29, 1.82) is 0 Å². The van der Waals surface area contributed by atoms with Crippen LogP contribution in [0, 0.1) is 6.92 Å². The topological polar surface area (TPSA) is 123 Å². The van der Waals surface area contributed by atoms with Gasteiger partial charge in [0.25, 0.3) is 0 Å². The zero-order valence-electron chi connectivity index (χ0n) is 21.9. The van der Waals surface area contributed by atoms with Crippen molar-refractivity contribution in [2.24, 2.45) is 0 Å². The molecule has 0 saturated heterocycles. The van der Waals surface area contributed by atoms with Gasteiger partial charge in [-0.3, -0.25) is 0 Å². The number of halogens is 1. The summed E-state index contributed by atoms with van der Waals surface area (Å²) in [5, 5.41) is 0.185. The van der Waals surface area contributed by atoms with Gasteiger partial charge in [0.15, 0.2) is 5.75 Å². The third kappa shape index (κ3) is 6.82. The molecule has 0 radical (unpaired) electrons. The summed E-state index contributed by atoms with van der Waals surface area (Å²) in [5.74, 6) is -0.126. The van der Waals surface area contributed by atoms with E-state index in [4.69, 9.17) is 8.92 Å². The average molecular weight is 629 g/mol. The van der Waals surface area contributed by atoms with E-state index in [1.54, 1.807) is 58.0 Å². The molecule has 1 amide bonds. The highest BCUT2D eigenvalue weighted by Crippen LogP contribution is 2.39. The third-order valence-electron chi connectivity index (χ3n) is 5.36. The molecule has 0 aliphatic heterocycles. The number of hydrogen-bond donors (Lipinski definition) is 0. The number of rotatable bonds is 8. The van der Waals surface area contributed by atoms with Gasteiger partial charge >= 0.3 is 16.2 Å². The molecule has 0 N–H and O–H groups in total. The summed E-state index contributed by atoms with van der Waals surface area (Å²) < 4.78 is 65.0. The van der Waals surface area contributed by atoms with E-state index >= 15 is 0 Å². The third-order valence-corrected chi connectivity index (χ3v) is 9.08. The van der Waals surface area contributed by atoms with E-state index in [9.17, 15) is 21.6 Å². The zero-order chi connectivity index (χ0) is 28.5. The molecular weight excluding hydrogens is 598 g/mol. The Hall–Kier alpha value is -2.74. The number of pyridine rings is 1. The van der Waals surface area contributed by atoms with Gasteiger partial charge in [-0.2, -0.15) is 12.7 Å². The van der Waals surface area contributed by atoms with Gasteiger partial charge in [0.1, 0.15) is 16.0 Å². The van der Waals surface area contributed by atoms with Crippen LogP contribution in [0.5, 0.6) is 5.75 Å². The molecule has 0 fully saturated rings. The molecule has 3 rings (SSSR count). The lowest BCUT2D eigenvalue weighted by Crippen LogP contribution is -2.40. The fourth-order valence-corrected chi connectivity index (χ4v) is 6.45. The highest BCUT2D eigenvalue weighted by atomic mass is 79.9. The predicted molar refractivity (Wildman–Crippen MR) is 147 cm³/mol. The molecule has 38 heavy (non-hydrogen) atoms. The number of ether oxygens (including phenoxy) is 1. The Bertz CT molecular complexity index is 1560. The molecule has 0 saturated carbocycles. The van der Waals surface area contributed by atoms with Crippen LogP contribution in [0.15, 0.2) is 62.8 Å². The van der Waals surface area contributed by atoms with Crippen molar-refractivity contribution in [3.63, 3.8) is 0 Å². The molecule has 0 bridgehead atoms. The summed E-state index contributed by atoms with van der Waals surface area (Å²) in [6, 6.07) is 12.1. The fraction of sp³-hybridized carbons (Fsp3) is 0.360. The molecule has 0 atom stereocenters. The Kier molecular flexibility index (Phi) is 8.76. The Labute approximate surface area is 231 Å². The van der Waals surface area contributed by atoms with E-state index in [0.717, 1.165) is 4.31 Å². The normalized spacial score (nSPS) is 12.5. The maximum atomic E-state index is 13.6. The van der Waals surface area contributed by atoms with Gasteiger partial charge in [-0.05, 0) is 74.0 Å². The van der Waals surface area contributed by atoms with Crippen LogP contribution in [-0.4, -0.2) is 69.9 Å². The van der Waals surface area contributed by atoms with Gasteiger partial charge in [-0.25, -0.2) is 18.2 Å². The second kappa shape index (κ2) is 11.2. The van der Waals surface area contributed by atoms with Crippen molar-refractivity contribution in [3.05, 3.63) is 58.7 Å². The Morgan fingerprint density at radius 1 is 1.00 bits per heavy atom. The van der Waals surface area contributed by atoms with E-state index in [2.05, 4.69) is 20.9 Å². The van der Waals surface area contributed by atoms with Crippen molar-refractivity contribution in [3.8, 4) is 5.75 Å². The standard InChI is InChI=1S/C25H30BrN3O7S2/c1-17-12-13-19-21(37(31,32)29(6)15-14-28(5)24(30)35-25(2,3)4)16-20(26)23(22(19)27-17)36-38(33,34)18-10-8-7-9-11-18/h7-13,16H,14-15H2,1-6H3. The minimum Gasteiger partial charge on any atom is -0.444 e. The quantitative estimate of drug-likeness (QED) is 0.333. The van der Waals surface area contributed by atoms with Gasteiger partial charge in [-0.15, -0.1) is 0 Å². The largest absolute Gasteiger partial charge is 0.444 e. The second-order valence-electron chi connectivity index (χ2n) is 9.61. The first-order valence-electron chi connectivity index (χ1n) is 11.5. The number of amides is 1. The van der Waals surface area contributed by atoms with Crippen molar-refractivity contribution in [1.82, 2.24) is 14.2 Å². The highest BCUT2D eigenvalue weighted by molar-refractivity contribution is 9.10. The summed E-state index contributed by atoms with van der Waals surface area (Å²) >= 11 is 3.29. The number of carbonyl (C=O) groups excluding carboxylic acids is 1. The van der Waals surface area contributed by atoms with Crippen LogP contribution in [0.3, 0.4) is 0 Å². The van der Waals surface area contributed by atoms with Gasteiger partial charge in [0, 0.05) is 38.3 Å². The first-order valence-corrected chi connectivity index (χ1v) is 15.2. The molecular formula is C25H30BrN3O7S2. The van der Waals surface area contributed by atoms with Crippen LogP contribution in [0.1, 0.15) is 26.5 Å². The van der Waals surface area contributed by atoms with Crippen molar-refractivity contribution < 1.29 is 30.6 Å². The molecule has 13 heteroatoms. The minimum atomic E-state index is -4.22. The summed E-state index contributed by atoms with van der Waals surface area (Å²) in [5.41, 5.74) is -0.0813. The number of hydrogen-bond acceptors (Lipinski definition) is 8. The van der Waals surface area contributed by atoms with Crippen LogP contribution in [0.25, 0.3) is 10.9 Å². The summed E-state index contributed by atoms with van der Waals surface area (Å²) in [7, 11) is -5.40. The molecule has 0 aliphatic rings. The number of fused-ring (bicyclic) bond motifs is 1. The van der Waals surface area contributed by atoms with Crippen LogP contribution in [0.4, 0.5) is 4.79 Å². The monoisotopic (exact) mass is 627 g/mol. The number of nitrogens with zero attached hydrogens (tertiary/aromatic N) is 3.